The Hall–Kier alpha value is -3.38. The van der Waals surface area contributed by atoms with Crippen LogP contribution in [0.25, 0.3) is 11.0 Å². The Kier molecular flexibility index (Phi) is 5.33. The molecule has 0 aliphatic carbocycles. The highest BCUT2D eigenvalue weighted by molar-refractivity contribution is 9.10. The van der Waals surface area contributed by atoms with Crippen molar-refractivity contribution < 1.29 is 13.9 Å². The highest BCUT2D eigenvalue weighted by Crippen LogP contribution is 2.42. The summed E-state index contributed by atoms with van der Waals surface area (Å²) in [6.45, 7) is 6.40. The molecular formula is C27H22BrNO4. The second kappa shape index (κ2) is 8.19. The van der Waals surface area contributed by atoms with E-state index >= 15 is 0 Å². The zero-order valence-corrected chi connectivity index (χ0v) is 20.1. The molecule has 0 fully saturated rings. The fraction of sp³-hybridized carbons (Fsp3) is 0.185. The summed E-state index contributed by atoms with van der Waals surface area (Å²) in [6, 6.07) is 18.0. The van der Waals surface area contributed by atoms with Gasteiger partial charge in [-0.2, -0.15) is 0 Å². The van der Waals surface area contributed by atoms with Gasteiger partial charge in [0.05, 0.1) is 23.6 Å². The Morgan fingerprint density at radius 1 is 1.00 bits per heavy atom. The summed E-state index contributed by atoms with van der Waals surface area (Å²) in [5.74, 6) is 0.491. The van der Waals surface area contributed by atoms with Crippen LogP contribution in [0.3, 0.4) is 0 Å². The number of carbonyl (C=O) groups excluding carboxylic acids is 1. The molecule has 2 heterocycles. The van der Waals surface area contributed by atoms with Gasteiger partial charge in [0.25, 0.3) is 5.91 Å². The minimum Gasteiger partial charge on any atom is -0.494 e. The fourth-order valence-electron chi connectivity index (χ4n) is 4.35. The molecule has 1 aromatic heterocycles. The first-order chi connectivity index (χ1) is 15.9. The van der Waals surface area contributed by atoms with Gasteiger partial charge in [-0.05, 0) is 79.9 Å². The number of benzene rings is 3. The third kappa shape index (κ3) is 3.55. The van der Waals surface area contributed by atoms with Crippen LogP contribution >= 0.6 is 15.9 Å². The topological polar surface area (TPSA) is 59.8 Å². The maximum Gasteiger partial charge on any atom is 0.295 e. The number of halogens is 1. The van der Waals surface area contributed by atoms with E-state index in [9.17, 15) is 9.59 Å². The minimum absolute atomic E-state index is 0.0922. The lowest BCUT2D eigenvalue weighted by atomic mass is 9.97. The minimum atomic E-state index is -0.611. The van der Waals surface area contributed by atoms with Gasteiger partial charge in [0.15, 0.2) is 5.43 Å². The predicted molar refractivity (Wildman–Crippen MR) is 132 cm³/mol. The van der Waals surface area contributed by atoms with E-state index in [2.05, 4.69) is 15.9 Å². The average molecular weight is 504 g/mol. The SMILES string of the molecule is CCOc1ccc(C2c3c(oc4cc(C)c(C)cc4c3=O)C(=O)N2c2cccc(Br)c2)cc1. The zero-order chi connectivity index (χ0) is 23.3. The predicted octanol–water partition coefficient (Wildman–Crippen LogP) is 6.32. The number of carbonyl (C=O) groups is 1. The summed E-state index contributed by atoms with van der Waals surface area (Å²) >= 11 is 3.49. The molecule has 1 aliphatic heterocycles. The standard InChI is InChI=1S/C27H22BrNO4/c1-4-32-20-10-8-17(9-11-20)24-23-25(30)21-12-15(2)16(3)13-22(21)33-26(23)27(31)29(24)19-7-5-6-18(28)14-19/h5-14,24H,4H2,1-3H3. The van der Waals surface area contributed by atoms with Crippen molar-refractivity contribution in [2.75, 3.05) is 11.5 Å². The van der Waals surface area contributed by atoms with E-state index < -0.39 is 6.04 Å². The third-order valence-electron chi connectivity index (χ3n) is 6.08. The molecule has 1 unspecified atom stereocenters. The molecule has 166 valence electrons. The van der Waals surface area contributed by atoms with Crippen molar-refractivity contribution in [2.45, 2.75) is 26.8 Å². The second-order valence-corrected chi connectivity index (χ2v) is 9.08. The lowest BCUT2D eigenvalue weighted by Crippen LogP contribution is -2.29. The van der Waals surface area contributed by atoms with Crippen molar-refractivity contribution in [3.63, 3.8) is 0 Å². The quantitative estimate of drug-likeness (QED) is 0.326. The van der Waals surface area contributed by atoms with E-state index in [1.165, 1.54) is 0 Å². The number of hydrogen-bond acceptors (Lipinski definition) is 4. The number of rotatable bonds is 4. The van der Waals surface area contributed by atoms with E-state index in [0.717, 1.165) is 26.9 Å². The highest BCUT2D eigenvalue weighted by atomic mass is 79.9. The molecule has 33 heavy (non-hydrogen) atoms. The van der Waals surface area contributed by atoms with Crippen molar-refractivity contribution in [3.05, 3.63) is 103 Å². The summed E-state index contributed by atoms with van der Waals surface area (Å²) in [7, 11) is 0. The molecule has 4 aromatic rings. The van der Waals surface area contributed by atoms with Gasteiger partial charge in [0, 0.05) is 10.2 Å². The van der Waals surface area contributed by atoms with Crippen LogP contribution in [-0.4, -0.2) is 12.5 Å². The first-order valence-electron chi connectivity index (χ1n) is 10.8. The summed E-state index contributed by atoms with van der Waals surface area (Å²) < 4.78 is 12.5. The molecule has 3 aromatic carbocycles. The number of hydrogen-bond donors (Lipinski definition) is 0. The smallest absolute Gasteiger partial charge is 0.295 e. The molecule has 1 aliphatic rings. The van der Waals surface area contributed by atoms with Crippen LogP contribution in [0.1, 0.15) is 45.8 Å². The molecule has 0 spiro atoms. The van der Waals surface area contributed by atoms with E-state index in [1.807, 2.05) is 81.4 Å². The zero-order valence-electron chi connectivity index (χ0n) is 18.5. The van der Waals surface area contributed by atoms with Gasteiger partial charge in [-0.25, -0.2) is 0 Å². The first kappa shape index (κ1) is 21.5. The summed E-state index contributed by atoms with van der Waals surface area (Å²) in [5.41, 5.74) is 4.09. The van der Waals surface area contributed by atoms with Gasteiger partial charge in [-0.15, -0.1) is 0 Å². The Bertz CT molecular complexity index is 1460. The van der Waals surface area contributed by atoms with Gasteiger partial charge >= 0.3 is 0 Å². The van der Waals surface area contributed by atoms with Gasteiger partial charge in [-0.3, -0.25) is 14.5 Å². The normalized spacial score (nSPS) is 15.2. The molecule has 5 nitrogen and oxygen atoms in total. The van der Waals surface area contributed by atoms with E-state index in [4.69, 9.17) is 9.15 Å². The van der Waals surface area contributed by atoms with Gasteiger partial charge < -0.3 is 9.15 Å². The molecule has 0 radical (unpaired) electrons. The van der Waals surface area contributed by atoms with Crippen LogP contribution in [-0.2, 0) is 0 Å². The molecule has 6 heteroatoms. The van der Waals surface area contributed by atoms with Crippen molar-refractivity contribution in [1.82, 2.24) is 0 Å². The monoisotopic (exact) mass is 503 g/mol. The van der Waals surface area contributed by atoms with E-state index in [-0.39, 0.29) is 17.1 Å². The number of ether oxygens (including phenoxy) is 1. The van der Waals surface area contributed by atoms with E-state index in [1.54, 1.807) is 4.90 Å². The number of aryl methyl sites for hydroxylation is 2. The van der Waals surface area contributed by atoms with Crippen molar-refractivity contribution in [2.24, 2.45) is 0 Å². The number of nitrogens with zero attached hydrogens (tertiary/aromatic N) is 1. The molecule has 0 saturated heterocycles. The molecular weight excluding hydrogens is 482 g/mol. The third-order valence-corrected chi connectivity index (χ3v) is 6.57. The fourth-order valence-corrected chi connectivity index (χ4v) is 4.74. The lowest BCUT2D eigenvalue weighted by molar-refractivity contribution is 0.0971. The summed E-state index contributed by atoms with van der Waals surface area (Å²) in [6.07, 6.45) is 0. The summed E-state index contributed by atoms with van der Waals surface area (Å²) in [4.78, 5) is 29.0. The second-order valence-electron chi connectivity index (χ2n) is 8.17. The van der Waals surface area contributed by atoms with Gasteiger partial charge in [0.2, 0.25) is 5.76 Å². The van der Waals surface area contributed by atoms with Crippen LogP contribution in [0.2, 0.25) is 0 Å². The molecule has 5 rings (SSSR count). The Morgan fingerprint density at radius 3 is 2.42 bits per heavy atom. The highest BCUT2D eigenvalue weighted by Gasteiger charge is 2.43. The van der Waals surface area contributed by atoms with Gasteiger partial charge in [0.1, 0.15) is 11.3 Å². The molecule has 1 amide bonds. The van der Waals surface area contributed by atoms with Crippen molar-refractivity contribution in [1.29, 1.82) is 0 Å². The Labute approximate surface area is 199 Å². The van der Waals surface area contributed by atoms with Crippen LogP contribution in [0.4, 0.5) is 5.69 Å². The first-order valence-corrected chi connectivity index (χ1v) is 11.6. The number of fused-ring (bicyclic) bond motifs is 2. The Morgan fingerprint density at radius 2 is 1.73 bits per heavy atom. The Balaban J connectivity index is 1.78. The number of amides is 1. The molecule has 0 N–H and O–H groups in total. The molecule has 0 bridgehead atoms. The number of anilines is 1. The van der Waals surface area contributed by atoms with Crippen molar-refractivity contribution in [3.8, 4) is 5.75 Å². The maximum absolute atomic E-state index is 13.8. The largest absolute Gasteiger partial charge is 0.494 e. The maximum atomic E-state index is 13.8. The molecule has 1 atom stereocenters. The van der Waals surface area contributed by atoms with E-state index in [0.29, 0.717) is 28.8 Å². The average Bonchev–Trinajstić information content (AvgIpc) is 3.09. The lowest BCUT2D eigenvalue weighted by Gasteiger charge is -2.25. The molecule has 0 saturated carbocycles. The van der Waals surface area contributed by atoms with Crippen LogP contribution < -0.4 is 15.1 Å². The van der Waals surface area contributed by atoms with Crippen LogP contribution in [0.5, 0.6) is 5.75 Å². The van der Waals surface area contributed by atoms with Crippen LogP contribution in [0, 0.1) is 13.8 Å². The summed E-state index contributed by atoms with van der Waals surface area (Å²) in [5, 5.41) is 0.483. The van der Waals surface area contributed by atoms with Crippen LogP contribution in [0.15, 0.2) is 74.3 Å². The van der Waals surface area contributed by atoms with Crippen molar-refractivity contribution >= 4 is 38.5 Å². The van der Waals surface area contributed by atoms with Gasteiger partial charge in [-0.1, -0.05) is 34.1 Å².